The smallest absolute Gasteiger partial charge is 0.150 e. The Morgan fingerprint density at radius 1 is 1.38 bits per heavy atom. The van der Waals surface area contributed by atoms with Crippen LogP contribution in [-0.4, -0.2) is 50.0 Å². The Morgan fingerprint density at radius 2 is 2.00 bits per heavy atom. The van der Waals surface area contributed by atoms with Crippen LogP contribution in [0.3, 0.4) is 0 Å². The number of sulfone groups is 1. The van der Waals surface area contributed by atoms with E-state index in [4.69, 9.17) is 5.73 Å². The molecular weight excluding hydrogens is 224 g/mol. The monoisotopic (exact) mass is 246 g/mol. The Hall–Kier alpha value is -0.130. The molecule has 2 fully saturated rings. The van der Waals surface area contributed by atoms with E-state index in [-0.39, 0.29) is 11.3 Å². The molecule has 16 heavy (non-hydrogen) atoms. The van der Waals surface area contributed by atoms with Gasteiger partial charge in [-0.05, 0) is 31.7 Å². The number of likely N-dealkylation sites (tertiary alicyclic amines) is 1. The SMILES string of the molecule is CCS(=O)(=O)CCCN1CC(N)(C2CC2)C1. The van der Waals surface area contributed by atoms with Crippen LogP contribution < -0.4 is 5.73 Å². The van der Waals surface area contributed by atoms with E-state index in [1.807, 2.05) is 0 Å². The molecule has 0 radical (unpaired) electrons. The van der Waals surface area contributed by atoms with Crippen LogP contribution in [0.1, 0.15) is 26.2 Å². The summed E-state index contributed by atoms with van der Waals surface area (Å²) in [5.41, 5.74) is 6.28. The topological polar surface area (TPSA) is 63.4 Å². The number of hydrogen-bond donors (Lipinski definition) is 1. The van der Waals surface area contributed by atoms with Crippen molar-refractivity contribution in [1.29, 1.82) is 0 Å². The van der Waals surface area contributed by atoms with Gasteiger partial charge in [0.1, 0.15) is 9.84 Å². The summed E-state index contributed by atoms with van der Waals surface area (Å²) < 4.78 is 22.6. The van der Waals surface area contributed by atoms with E-state index in [1.165, 1.54) is 12.8 Å². The molecule has 0 amide bonds. The van der Waals surface area contributed by atoms with E-state index < -0.39 is 9.84 Å². The number of rotatable bonds is 6. The molecule has 1 aliphatic heterocycles. The molecule has 1 heterocycles. The van der Waals surface area contributed by atoms with E-state index in [0.29, 0.717) is 5.75 Å². The van der Waals surface area contributed by atoms with E-state index in [9.17, 15) is 8.42 Å². The molecule has 0 aromatic rings. The van der Waals surface area contributed by atoms with Crippen LogP contribution in [0.15, 0.2) is 0 Å². The van der Waals surface area contributed by atoms with E-state index in [1.54, 1.807) is 6.92 Å². The maximum Gasteiger partial charge on any atom is 0.150 e. The van der Waals surface area contributed by atoms with Gasteiger partial charge in [0.2, 0.25) is 0 Å². The number of hydrogen-bond acceptors (Lipinski definition) is 4. The Bertz CT molecular complexity index is 343. The molecule has 1 saturated heterocycles. The van der Waals surface area contributed by atoms with Gasteiger partial charge in [-0.25, -0.2) is 8.42 Å². The first-order chi connectivity index (χ1) is 7.45. The molecule has 0 aromatic carbocycles. The van der Waals surface area contributed by atoms with E-state index in [0.717, 1.165) is 32.0 Å². The maximum atomic E-state index is 11.3. The van der Waals surface area contributed by atoms with Crippen LogP contribution >= 0.6 is 0 Å². The second kappa shape index (κ2) is 4.27. The fraction of sp³-hybridized carbons (Fsp3) is 1.00. The highest BCUT2D eigenvalue weighted by molar-refractivity contribution is 7.91. The summed E-state index contributed by atoms with van der Waals surface area (Å²) in [5.74, 6) is 1.32. The van der Waals surface area contributed by atoms with Gasteiger partial charge in [0.15, 0.2) is 0 Å². The van der Waals surface area contributed by atoms with Gasteiger partial charge in [-0.3, -0.25) is 4.90 Å². The van der Waals surface area contributed by atoms with Crippen molar-refractivity contribution in [3.63, 3.8) is 0 Å². The minimum absolute atomic E-state index is 0.0592. The highest BCUT2D eigenvalue weighted by Crippen LogP contribution is 2.42. The van der Waals surface area contributed by atoms with Gasteiger partial charge in [0.05, 0.1) is 5.75 Å². The zero-order valence-electron chi connectivity index (χ0n) is 9.98. The lowest BCUT2D eigenvalue weighted by Crippen LogP contribution is -2.68. The second-order valence-electron chi connectivity index (χ2n) is 5.31. The fourth-order valence-corrected chi connectivity index (χ4v) is 3.37. The van der Waals surface area contributed by atoms with Crippen LogP contribution in [0.2, 0.25) is 0 Å². The summed E-state index contributed by atoms with van der Waals surface area (Å²) in [6, 6.07) is 0. The Labute approximate surface area is 98.1 Å². The Balaban J connectivity index is 1.63. The van der Waals surface area contributed by atoms with Crippen molar-refractivity contribution in [2.45, 2.75) is 31.7 Å². The highest BCUT2D eigenvalue weighted by atomic mass is 32.2. The molecule has 0 spiro atoms. The van der Waals surface area contributed by atoms with Gasteiger partial charge in [-0.1, -0.05) is 6.92 Å². The van der Waals surface area contributed by atoms with Crippen LogP contribution in [0.5, 0.6) is 0 Å². The lowest BCUT2D eigenvalue weighted by atomic mass is 9.86. The van der Waals surface area contributed by atoms with Gasteiger partial charge in [0, 0.05) is 24.4 Å². The van der Waals surface area contributed by atoms with E-state index in [2.05, 4.69) is 4.90 Å². The molecule has 4 nitrogen and oxygen atoms in total. The Morgan fingerprint density at radius 3 is 2.50 bits per heavy atom. The second-order valence-corrected chi connectivity index (χ2v) is 7.78. The number of nitrogens with two attached hydrogens (primary N) is 1. The summed E-state index contributed by atoms with van der Waals surface area (Å²) in [4.78, 5) is 2.28. The third-order valence-corrected chi connectivity index (χ3v) is 5.59. The number of nitrogens with zero attached hydrogens (tertiary/aromatic N) is 1. The van der Waals surface area contributed by atoms with Crippen LogP contribution in [0.25, 0.3) is 0 Å². The van der Waals surface area contributed by atoms with Crippen molar-refractivity contribution in [3.8, 4) is 0 Å². The van der Waals surface area contributed by atoms with Gasteiger partial charge < -0.3 is 5.73 Å². The minimum Gasteiger partial charge on any atom is -0.323 e. The predicted molar refractivity (Wildman–Crippen MR) is 65.0 cm³/mol. The van der Waals surface area contributed by atoms with Crippen LogP contribution in [-0.2, 0) is 9.84 Å². The van der Waals surface area contributed by atoms with Gasteiger partial charge in [-0.15, -0.1) is 0 Å². The third-order valence-electron chi connectivity index (χ3n) is 3.80. The van der Waals surface area contributed by atoms with Gasteiger partial charge in [-0.2, -0.15) is 0 Å². The molecule has 1 aliphatic carbocycles. The standard InChI is InChI=1S/C11H22N2O2S/c1-2-16(14,15)7-3-6-13-8-11(12,9-13)10-4-5-10/h10H,2-9,12H2,1H3. The van der Waals surface area contributed by atoms with Gasteiger partial charge >= 0.3 is 0 Å². The van der Waals surface area contributed by atoms with Crippen molar-refractivity contribution in [2.24, 2.45) is 11.7 Å². The summed E-state index contributed by atoms with van der Waals surface area (Å²) in [7, 11) is -2.79. The van der Waals surface area contributed by atoms with Crippen molar-refractivity contribution >= 4 is 9.84 Å². The first-order valence-electron chi connectivity index (χ1n) is 6.17. The average Bonchev–Trinajstić information content (AvgIpc) is 2.98. The zero-order chi connectivity index (χ0) is 11.8. The molecule has 5 heteroatoms. The summed E-state index contributed by atoms with van der Waals surface area (Å²) >= 11 is 0. The quantitative estimate of drug-likeness (QED) is 0.729. The average molecular weight is 246 g/mol. The van der Waals surface area contributed by atoms with Crippen molar-refractivity contribution in [3.05, 3.63) is 0 Å². The van der Waals surface area contributed by atoms with E-state index >= 15 is 0 Å². The van der Waals surface area contributed by atoms with Crippen molar-refractivity contribution in [2.75, 3.05) is 31.1 Å². The lowest BCUT2D eigenvalue weighted by Gasteiger charge is -2.48. The third kappa shape index (κ3) is 2.76. The fourth-order valence-electron chi connectivity index (χ4n) is 2.51. The highest BCUT2D eigenvalue weighted by Gasteiger charge is 2.49. The summed E-state index contributed by atoms with van der Waals surface area (Å²) in [5, 5.41) is 0. The Kier molecular flexibility index (Phi) is 3.29. The molecule has 0 atom stereocenters. The molecule has 1 saturated carbocycles. The lowest BCUT2D eigenvalue weighted by molar-refractivity contribution is 0.0553. The van der Waals surface area contributed by atoms with Crippen LogP contribution in [0, 0.1) is 5.92 Å². The molecule has 94 valence electrons. The summed E-state index contributed by atoms with van der Waals surface area (Å²) in [6.45, 7) is 4.51. The van der Waals surface area contributed by atoms with Crippen molar-refractivity contribution < 1.29 is 8.42 Å². The first kappa shape index (κ1) is 12.3. The largest absolute Gasteiger partial charge is 0.323 e. The minimum atomic E-state index is -2.79. The molecule has 2 rings (SSSR count). The molecular formula is C11H22N2O2S. The maximum absolute atomic E-state index is 11.3. The summed E-state index contributed by atoms with van der Waals surface area (Å²) in [6.07, 6.45) is 3.32. The van der Waals surface area contributed by atoms with Crippen LogP contribution in [0.4, 0.5) is 0 Å². The normalized spacial score (nSPS) is 25.4. The molecule has 2 aliphatic rings. The molecule has 0 unspecified atom stereocenters. The predicted octanol–water partition coefficient (Wildman–Crippen LogP) is 0.234. The first-order valence-corrected chi connectivity index (χ1v) is 7.99. The molecule has 0 bridgehead atoms. The molecule has 2 N–H and O–H groups in total. The van der Waals surface area contributed by atoms with Crippen molar-refractivity contribution in [1.82, 2.24) is 4.90 Å². The van der Waals surface area contributed by atoms with Gasteiger partial charge in [0.25, 0.3) is 0 Å². The molecule has 0 aromatic heterocycles. The zero-order valence-corrected chi connectivity index (χ0v) is 10.8.